The van der Waals surface area contributed by atoms with Gasteiger partial charge in [-0.15, -0.1) is 10.2 Å². The molecule has 0 bridgehead atoms. The Morgan fingerprint density at radius 2 is 1.81 bits per heavy atom. The van der Waals surface area contributed by atoms with Crippen molar-refractivity contribution >= 4 is 51.1 Å². The van der Waals surface area contributed by atoms with E-state index < -0.39 is 6.03 Å². The number of benzene rings is 2. The number of amides is 3. The van der Waals surface area contributed by atoms with E-state index in [2.05, 4.69) is 36.1 Å². The standard InChI is InChI=1S/C20H19N7O3S/c1-3-17-26-27-20(31-17)25-19(29)22-12-4-6-13(7-5-12)30-14-8-9-15-16(10-14)24-18(23-15)21-11(2)28/h4-10H,3H2,1-2H3,(H2,21,23,24,28)(H2,22,25,27,29). The summed E-state index contributed by atoms with van der Waals surface area (Å²) in [5.74, 6) is 1.38. The van der Waals surface area contributed by atoms with Crippen molar-refractivity contribution in [1.29, 1.82) is 0 Å². The Kier molecular flexibility index (Phi) is 5.76. The van der Waals surface area contributed by atoms with E-state index in [1.54, 1.807) is 42.5 Å². The molecule has 31 heavy (non-hydrogen) atoms. The average molecular weight is 437 g/mol. The molecule has 0 aliphatic rings. The third kappa shape index (κ3) is 5.14. The molecule has 0 spiro atoms. The van der Waals surface area contributed by atoms with Crippen LogP contribution in [-0.2, 0) is 11.2 Å². The Morgan fingerprint density at radius 3 is 2.52 bits per heavy atom. The minimum absolute atomic E-state index is 0.202. The molecule has 4 N–H and O–H groups in total. The zero-order chi connectivity index (χ0) is 21.8. The molecule has 0 aliphatic heterocycles. The first kappa shape index (κ1) is 20.3. The van der Waals surface area contributed by atoms with Crippen molar-refractivity contribution in [3.63, 3.8) is 0 Å². The second kappa shape index (κ2) is 8.79. The fraction of sp³-hybridized carbons (Fsp3) is 0.150. The van der Waals surface area contributed by atoms with Gasteiger partial charge in [0.2, 0.25) is 17.0 Å². The summed E-state index contributed by atoms with van der Waals surface area (Å²) in [5, 5.41) is 17.2. The number of urea groups is 1. The highest BCUT2D eigenvalue weighted by Crippen LogP contribution is 2.26. The van der Waals surface area contributed by atoms with Crippen molar-refractivity contribution in [3.05, 3.63) is 47.5 Å². The number of hydrogen-bond acceptors (Lipinski definition) is 7. The van der Waals surface area contributed by atoms with Gasteiger partial charge in [-0.2, -0.15) is 0 Å². The fourth-order valence-electron chi connectivity index (χ4n) is 2.73. The number of imidazole rings is 1. The molecule has 0 radical (unpaired) electrons. The molecule has 0 saturated heterocycles. The number of ether oxygens (including phenoxy) is 1. The molecular formula is C20H19N7O3S. The number of anilines is 3. The molecule has 0 unspecified atom stereocenters. The lowest BCUT2D eigenvalue weighted by atomic mass is 10.3. The minimum atomic E-state index is -0.396. The van der Waals surface area contributed by atoms with Crippen LogP contribution in [0.5, 0.6) is 11.5 Å². The van der Waals surface area contributed by atoms with E-state index in [0.29, 0.717) is 33.8 Å². The first-order valence-corrected chi connectivity index (χ1v) is 10.3. The molecule has 2 heterocycles. The van der Waals surface area contributed by atoms with Gasteiger partial charge >= 0.3 is 6.03 Å². The average Bonchev–Trinajstić information content (AvgIpc) is 3.34. The molecule has 4 aromatic rings. The van der Waals surface area contributed by atoms with Crippen LogP contribution in [0, 0.1) is 0 Å². The predicted molar refractivity (Wildman–Crippen MR) is 119 cm³/mol. The topological polar surface area (TPSA) is 134 Å². The normalized spacial score (nSPS) is 10.6. The van der Waals surface area contributed by atoms with Gasteiger partial charge in [-0.1, -0.05) is 18.3 Å². The third-order valence-corrected chi connectivity index (χ3v) is 5.07. The van der Waals surface area contributed by atoms with Crippen molar-refractivity contribution < 1.29 is 14.3 Å². The predicted octanol–water partition coefficient (Wildman–Crippen LogP) is 4.37. The summed E-state index contributed by atoms with van der Waals surface area (Å²) in [6.07, 6.45) is 0.770. The van der Waals surface area contributed by atoms with E-state index in [1.807, 2.05) is 6.92 Å². The number of aromatic nitrogens is 4. The highest BCUT2D eigenvalue weighted by molar-refractivity contribution is 7.15. The van der Waals surface area contributed by atoms with Crippen LogP contribution in [0.25, 0.3) is 11.0 Å². The number of rotatable bonds is 6. The molecule has 158 valence electrons. The van der Waals surface area contributed by atoms with Crippen molar-refractivity contribution in [1.82, 2.24) is 20.2 Å². The number of aromatic amines is 1. The van der Waals surface area contributed by atoms with Crippen molar-refractivity contribution in [2.45, 2.75) is 20.3 Å². The summed E-state index contributed by atoms with van der Waals surface area (Å²) in [4.78, 5) is 30.6. The molecule has 0 fully saturated rings. The van der Waals surface area contributed by atoms with Gasteiger partial charge in [-0.05, 0) is 42.8 Å². The summed E-state index contributed by atoms with van der Waals surface area (Å²) in [5.41, 5.74) is 2.05. The van der Waals surface area contributed by atoms with Gasteiger partial charge in [0.25, 0.3) is 0 Å². The van der Waals surface area contributed by atoms with E-state index >= 15 is 0 Å². The summed E-state index contributed by atoms with van der Waals surface area (Å²) in [7, 11) is 0. The minimum Gasteiger partial charge on any atom is -0.457 e. The molecule has 3 amide bonds. The van der Waals surface area contributed by atoms with Crippen LogP contribution < -0.4 is 20.7 Å². The van der Waals surface area contributed by atoms with Crippen LogP contribution in [0.1, 0.15) is 18.9 Å². The smallest absolute Gasteiger partial charge is 0.325 e. The molecule has 2 aromatic heterocycles. The number of carbonyl (C=O) groups excluding carboxylic acids is 2. The van der Waals surface area contributed by atoms with E-state index in [1.165, 1.54) is 18.3 Å². The maximum atomic E-state index is 12.1. The summed E-state index contributed by atoms with van der Waals surface area (Å²) >= 11 is 1.34. The lowest BCUT2D eigenvalue weighted by Gasteiger charge is -2.08. The molecule has 4 rings (SSSR count). The Morgan fingerprint density at radius 1 is 1.03 bits per heavy atom. The summed E-state index contributed by atoms with van der Waals surface area (Å²) in [6.45, 7) is 3.40. The van der Waals surface area contributed by atoms with Crippen LogP contribution in [-0.4, -0.2) is 32.1 Å². The quantitative estimate of drug-likeness (QED) is 0.354. The zero-order valence-electron chi connectivity index (χ0n) is 16.7. The molecule has 11 heteroatoms. The Hall–Kier alpha value is -3.99. The fourth-order valence-corrected chi connectivity index (χ4v) is 3.40. The zero-order valence-corrected chi connectivity index (χ0v) is 17.5. The third-order valence-electron chi connectivity index (χ3n) is 4.09. The van der Waals surface area contributed by atoms with Crippen LogP contribution in [0.4, 0.5) is 21.6 Å². The first-order chi connectivity index (χ1) is 15.0. The first-order valence-electron chi connectivity index (χ1n) is 9.44. The maximum absolute atomic E-state index is 12.1. The van der Waals surface area contributed by atoms with E-state index in [9.17, 15) is 9.59 Å². The Labute approximate surface area is 181 Å². The Bertz CT molecular complexity index is 1230. The highest BCUT2D eigenvalue weighted by Gasteiger charge is 2.09. The number of aryl methyl sites for hydroxylation is 1. The van der Waals surface area contributed by atoms with Crippen LogP contribution >= 0.6 is 11.3 Å². The van der Waals surface area contributed by atoms with Gasteiger partial charge in [0.05, 0.1) is 11.0 Å². The van der Waals surface area contributed by atoms with Crippen LogP contribution in [0.15, 0.2) is 42.5 Å². The van der Waals surface area contributed by atoms with Gasteiger partial charge in [0.15, 0.2) is 0 Å². The molecule has 0 aliphatic carbocycles. The maximum Gasteiger partial charge on any atom is 0.325 e. The number of nitrogens with zero attached hydrogens (tertiary/aromatic N) is 3. The number of H-pyrrole nitrogens is 1. The van der Waals surface area contributed by atoms with Gasteiger partial charge in [-0.3, -0.25) is 15.4 Å². The summed E-state index contributed by atoms with van der Waals surface area (Å²) in [6, 6.07) is 11.9. The number of hydrogen-bond donors (Lipinski definition) is 4. The van der Waals surface area contributed by atoms with Crippen molar-refractivity contribution in [3.8, 4) is 11.5 Å². The molecule has 0 atom stereocenters. The summed E-state index contributed by atoms with van der Waals surface area (Å²) < 4.78 is 5.87. The number of carbonyl (C=O) groups is 2. The highest BCUT2D eigenvalue weighted by atomic mass is 32.1. The van der Waals surface area contributed by atoms with Crippen LogP contribution in [0.3, 0.4) is 0 Å². The largest absolute Gasteiger partial charge is 0.457 e. The molecule has 2 aromatic carbocycles. The van der Waals surface area contributed by atoms with Crippen LogP contribution in [0.2, 0.25) is 0 Å². The van der Waals surface area contributed by atoms with E-state index in [0.717, 1.165) is 16.9 Å². The van der Waals surface area contributed by atoms with Gasteiger partial charge in [0, 0.05) is 18.7 Å². The number of fused-ring (bicyclic) bond motifs is 1. The number of nitrogens with one attached hydrogen (secondary N) is 4. The van der Waals surface area contributed by atoms with Gasteiger partial charge in [-0.25, -0.2) is 9.78 Å². The molecular weight excluding hydrogens is 418 g/mol. The SMILES string of the molecule is CCc1nnc(NC(=O)Nc2ccc(Oc3ccc4nc(NC(C)=O)[nH]c4c3)cc2)s1. The monoisotopic (exact) mass is 437 g/mol. The van der Waals surface area contributed by atoms with E-state index in [-0.39, 0.29) is 5.91 Å². The van der Waals surface area contributed by atoms with Gasteiger partial charge < -0.3 is 15.0 Å². The molecule has 0 saturated carbocycles. The van der Waals surface area contributed by atoms with Crippen molar-refractivity contribution in [2.24, 2.45) is 0 Å². The van der Waals surface area contributed by atoms with Gasteiger partial charge in [0.1, 0.15) is 16.5 Å². The second-order valence-corrected chi connectivity index (χ2v) is 7.57. The van der Waals surface area contributed by atoms with Crippen molar-refractivity contribution in [2.75, 3.05) is 16.0 Å². The van der Waals surface area contributed by atoms with E-state index in [4.69, 9.17) is 4.74 Å². The Balaban J connectivity index is 1.37. The molecule has 10 nitrogen and oxygen atoms in total. The second-order valence-electron chi connectivity index (χ2n) is 6.51. The lowest BCUT2D eigenvalue weighted by Crippen LogP contribution is -2.19. The lowest BCUT2D eigenvalue weighted by molar-refractivity contribution is -0.114.